The zero-order valence-corrected chi connectivity index (χ0v) is 19.7. The number of anilines is 1. The molecule has 3 aliphatic heterocycles. The topological polar surface area (TPSA) is 81.7 Å². The molecular weight excluding hydrogens is 424 g/mol. The molecule has 0 amide bonds. The third-order valence-corrected chi connectivity index (χ3v) is 7.80. The largest absolute Gasteiger partial charge is 0.378 e. The third-order valence-electron chi connectivity index (χ3n) is 7.80. The van der Waals surface area contributed by atoms with Gasteiger partial charge in [-0.25, -0.2) is 0 Å². The third kappa shape index (κ3) is 3.29. The predicted octanol–water partition coefficient (Wildman–Crippen LogP) is 2.76. The number of nitrogens with zero attached hydrogens (tertiary/aromatic N) is 5. The molecule has 0 spiro atoms. The Hall–Kier alpha value is -3.34. The van der Waals surface area contributed by atoms with Gasteiger partial charge in [0.15, 0.2) is 0 Å². The number of likely N-dealkylation sites (tertiary alicyclic amines) is 1. The molecule has 2 fully saturated rings. The first-order valence-electron chi connectivity index (χ1n) is 12.0. The van der Waals surface area contributed by atoms with E-state index in [1.807, 2.05) is 12.1 Å². The Kier molecular flexibility index (Phi) is 5.09. The fourth-order valence-corrected chi connectivity index (χ4v) is 6.02. The Bertz CT molecular complexity index is 1290. The highest BCUT2D eigenvalue weighted by molar-refractivity contribution is 5.95. The molecule has 174 valence electrons. The zero-order valence-electron chi connectivity index (χ0n) is 19.7. The average molecular weight is 455 g/mol. The summed E-state index contributed by atoms with van der Waals surface area (Å²) in [7, 11) is 1.75. The molecule has 3 atom stereocenters. The Morgan fingerprint density at radius 1 is 1.15 bits per heavy atom. The van der Waals surface area contributed by atoms with E-state index in [1.165, 1.54) is 22.5 Å². The van der Waals surface area contributed by atoms with Crippen LogP contribution in [-0.4, -0.2) is 72.8 Å². The first-order valence-corrected chi connectivity index (χ1v) is 12.0. The monoisotopic (exact) mass is 454 g/mol. The van der Waals surface area contributed by atoms with Gasteiger partial charge in [0, 0.05) is 68.0 Å². The van der Waals surface area contributed by atoms with Gasteiger partial charge in [0.05, 0.1) is 29.8 Å². The molecule has 0 saturated carbocycles. The summed E-state index contributed by atoms with van der Waals surface area (Å²) in [6.07, 6.45) is 7.53. The second kappa shape index (κ2) is 8.15. The van der Waals surface area contributed by atoms with Crippen LogP contribution in [0.1, 0.15) is 18.9 Å². The van der Waals surface area contributed by atoms with Gasteiger partial charge < -0.3 is 25.2 Å². The van der Waals surface area contributed by atoms with Crippen molar-refractivity contribution in [2.24, 2.45) is 5.73 Å². The van der Waals surface area contributed by atoms with Gasteiger partial charge in [-0.2, -0.15) is 5.26 Å². The lowest BCUT2D eigenvalue weighted by atomic mass is 9.96. The quantitative estimate of drug-likeness (QED) is 0.764. The summed E-state index contributed by atoms with van der Waals surface area (Å²) in [5, 5.41) is 10.6. The summed E-state index contributed by atoms with van der Waals surface area (Å²) in [5.41, 5.74) is 14.4. The van der Waals surface area contributed by atoms with Gasteiger partial charge in [-0.3, -0.25) is 4.98 Å². The highest BCUT2D eigenvalue weighted by atomic mass is 16.5. The van der Waals surface area contributed by atoms with Gasteiger partial charge in [-0.05, 0) is 54.8 Å². The summed E-state index contributed by atoms with van der Waals surface area (Å²) in [6, 6.07) is 10.8. The van der Waals surface area contributed by atoms with Crippen LogP contribution in [0.4, 0.5) is 5.69 Å². The maximum Gasteiger partial charge on any atom is 0.101 e. The number of pyridine rings is 1. The van der Waals surface area contributed by atoms with E-state index in [1.54, 1.807) is 13.3 Å². The second-order valence-electron chi connectivity index (χ2n) is 9.77. The summed E-state index contributed by atoms with van der Waals surface area (Å²) >= 11 is 0. The van der Waals surface area contributed by atoms with Crippen LogP contribution in [0.5, 0.6) is 0 Å². The number of nitriles is 1. The van der Waals surface area contributed by atoms with Crippen molar-refractivity contribution in [3.63, 3.8) is 0 Å². The van der Waals surface area contributed by atoms with Crippen LogP contribution in [0.2, 0.25) is 0 Å². The molecule has 2 N–H and O–H groups in total. The summed E-state index contributed by atoms with van der Waals surface area (Å²) < 4.78 is 5.56. The predicted molar refractivity (Wildman–Crippen MR) is 133 cm³/mol. The number of ether oxygens (including phenoxy) is 1. The van der Waals surface area contributed by atoms with Crippen LogP contribution in [0.3, 0.4) is 0 Å². The Balaban J connectivity index is 1.31. The van der Waals surface area contributed by atoms with Gasteiger partial charge in [0.2, 0.25) is 0 Å². The van der Waals surface area contributed by atoms with Gasteiger partial charge in [0.25, 0.3) is 0 Å². The molecule has 1 aliphatic carbocycles. The minimum Gasteiger partial charge on any atom is -0.378 e. The highest BCUT2D eigenvalue weighted by Gasteiger charge is 2.38. The standard InChI is InChI=1S/C27H30N6O/c1-17-12-32(24-8-5-18(11-28)27-22(24)4-3-9-30-27)15-25-21-7-6-20(10-19(21)13-33(17)25)31-14-23(29)26(16-31)34-2/h3-6,8-10,17,23,26H,7,12-16,29H2,1-2H3/t17-,23+,26+/m1/s1. The van der Waals surface area contributed by atoms with Crippen LogP contribution in [0.15, 0.2) is 65.2 Å². The molecule has 0 unspecified atom stereocenters. The normalized spacial score (nSPS) is 26.4. The van der Waals surface area contributed by atoms with Crippen LogP contribution in [-0.2, 0) is 4.74 Å². The molecule has 0 radical (unpaired) electrons. The molecule has 34 heavy (non-hydrogen) atoms. The van der Waals surface area contributed by atoms with E-state index in [9.17, 15) is 5.26 Å². The van der Waals surface area contributed by atoms with Gasteiger partial charge in [-0.1, -0.05) is 6.08 Å². The van der Waals surface area contributed by atoms with Crippen LogP contribution in [0.25, 0.3) is 10.9 Å². The SMILES string of the molecule is CO[C@H]1CN(C2=CCC3=C4CN(c5ccc(C#N)c6ncccc56)C[C@@H](C)N4CC3=C2)C[C@@H]1N. The van der Waals surface area contributed by atoms with Crippen molar-refractivity contribution in [2.75, 3.05) is 44.7 Å². The van der Waals surface area contributed by atoms with Crippen molar-refractivity contribution in [1.29, 1.82) is 5.26 Å². The average Bonchev–Trinajstić information content (AvgIpc) is 3.43. The molecule has 7 nitrogen and oxygen atoms in total. The molecule has 4 heterocycles. The number of allylic oxidation sites excluding steroid dienone is 2. The highest BCUT2D eigenvalue weighted by Crippen LogP contribution is 2.41. The fourth-order valence-electron chi connectivity index (χ4n) is 6.02. The van der Waals surface area contributed by atoms with Gasteiger partial charge >= 0.3 is 0 Å². The lowest BCUT2D eigenvalue weighted by Gasteiger charge is -2.42. The van der Waals surface area contributed by atoms with Crippen molar-refractivity contribution >= 4 is 16.6 Å². The molecule has 7 heteroatoms. The minimum absolute atomic E-state index is 0.0595. The molecular formula is C27H30N6O. The number of hydrogen-bond acceptors (Lipinski definition) is 7. The summed E-state index contributed by atoms with van der Waals surface area (Å²) in [6.45, 7) is 6.79. The lowest BCUT2D eigenvalue weighted by molar-refractivity contribution is 0.101. The van der Waals surface area contributed by atoms with E-state index in [2.05, 4.69) is 57.0 Å². The zero-order chi connectivity index (χ0) is 23.4. The number of piperazine rings is 1. The number of aromatic nitrogens is 1. The van der Waals surface area contributed by atoms with E-state index < -0.39 is 0 Å². The first-order chi connectivity index (χ1) is 16.6. The van der Waals surface area contributed by atoms with E-state index in [4.69, 9.17) is 10.5 Å². The van der Waals surface area contributed by atoms with Crippen molar-refractivity contribution in [1.82, 2.24) is 14.8 Å². The maximum absolute atomic E-state index is 9.53. The Morgan fingerprint density at radius 3 is 2.82 bits per heavy atom. The van der Waals surface area contributed by atoms with Crippen molar-refractivity contribution in [2.45, 2.75) is 31.5 Å². The minimum atomic E-state index is 0.0595. The molecule has 4 aliphatic rings. The molecule has 1 aromatic heterocycles. The van der Waals surface area contributed by atoms with E-state index in [0.29, 0.717) is 11.6 Å². The van der Waals surface area contributed by atoms with Gasteiger partial charge in [0.1, 0.15) is 6.07 Å². The van der Waals surface area contributed by atoms with Crippen molar-refractivity contribution in [3.8, 4) is 6.07 Å². The van der Waals surface area contributed by atoms with E-state index >= 15 is 0 Å². The molecule has 2 aromatic rings. The van der Waals surface area contributed by atoms with Crippen LogP contribution < -0.4 is 10.6 Å². The number of methoxy groups -OCH3 is 1. The van der Waals surface area contributed by atoms with Crippen molar-refractivity contribution in [3.05, 3.63) is 70.7 Å². The van der Waals surface area contributed by atoms with E-state index in [-0.39, 0.29) is 12.1 Å². The summed E-state index contributed by atoms with van der Waals surface area (Å²) in [4.78, 5) is 11.9. The number of nitrogens with two attached hydrogens (primary N) is 1. The number of fused-ring (bicyclic) bond motifs is 3. The van der Waals surface area contributed by atoms with Crippen LogP contribution >= 0.6 is 0 Å². The van der Waals surface area contributed by atoms with E-state index in [0.717, 1.165) is 55.7 Å². The lowest BCUT2D eigenvalue weighted by Crippen LogP contribution is -2.49. The first kappa shape index (κ1) is 21.2. The number of rotatable bonds is 3. The maximum atomic E-state index is 9.53. The Labute approximate surface area is 200 Å². The number of hydrogen-bond donors (Lipinski definition) is 1. The van der Waals surface area contributed by atoms with Gasteiger partial charge in [-0.15, -0.1) is 0 Å². The fraction of sp³-hybridized carbons (Fsp3) is 0.407. The molecule has 1 aromatic carbocycles. The van der Waals surface area contributed by atoms with Crippen LogP contribution in [0, 0.1) is 11.3 Å². The molecule has 0 bridgehead atoms. The number of benzene rings is 1. The van der Waals surface area contributed by atoms with Crippen molar-refractivity contribution < 1.29 is 4.74 Å². The smallest absolute Gasteiger partial charge is 0.101 e. The summed E-state index contributed by atoms with van der Waals surface area (Å²) in [5.74, 6) is 0. The molecule has 6 rings (SSSR count). The second-order valence-corrected chi connectivity index (χ2v) is 9.77. The Morgan fingerprint density at radius 2 is 2.03 bits per heavy atom. The molecule has 2 saturated heterocycles.